The predicted molar refractivity (Wildman–Crippen MR) is 113 cm³/mol. The zero-order valence-corrected chi connectivity index (χ0v) is 18.0. The molecule has 2 rings (SSSR count). The molecule has 0 fully saturated rings. The highest BCUT2D eigenvalue weighted by atomic mass is 127. The van der Waals surface area contributed by atoms with E-state index in [1.165, 1.54) is 0 Å². The van der Waals surface area contributed by atoms with E-state index in [-0.39, 0.29) is 24.0 Å². The quantitative estimate of drug-likeness (QED) is 0.278. The van der Waals surface area contributed by atoms with Crippen molar-refractivity contribution in [2.75, 3.05) is 6.54 Å². The van der Waals surface area contributed by atoms with Crippen molar-refractivity contribution in [3.8, 4) is 0 Å². The van der Waals surface area contributed by atoms with Gasteiger partial charge in [-0.05, 0) is 31.0 Å². The fraction of sp³-hybridized carbons (Fsp3) is 0.471. The van der Waals surface area contributed by atoms with E-state index in [0.717, 1.165) is 47.6 Å². The maximum absolute atomic E-state index is 6.03. The van der Waals surface area contributed by atoms with E-state index in [2.05, 4.69) is 32.7 Å². The van der Waals surface area contributed by atoms with Gasteiger partial charge < -0.3 is 15.2 Å². The number of benzene rings is 1. The number of hydrogen-bond donors (Lipinski definition) is 2. The summed E-state index contributed by atoms with van der Waals surface area (Å²) in [5.74, 6) is 2.53. The van der Waals surface area contributed by atoms with E-state index in [4.69, 9.17) is 11.6 Å². The molecule has 0 amide bonds. The molecular weight excluding hydrogens is 451 g/mol. The number of aromatic nitrogens is 3. The highest BCUT2D eigenvalue weighted by molar-refractivity contribution is 14.0. The van der Waals surface area contributed by atoms with Crippen LogP contribution in [-0.2, 0) is 20.1 Å². The number of halogens is 2. The van der Waals surface area contributed by atoms with Gasteiger partial charge in [0, 0.05) is 18.6 Å². The second-order valence-electron chi connectivity index (χ2n) is 5.65. The zero-order chi connectivity index (χ0) is 17.4. The summed E-state index contributed by atoms with van der Waals surface area (Å²) in [7, 11) is 1.96. The van der Waals surface area contributed by atoms with Crippen molar-refractivity contribution in [3.05, 3.63) is 46.5 Å². The maximum Gasteiger partial charge on any atom is 0.191 e. The van der Waals surface area contributed by atoms with Crippen molar-refractivity contribution >= 4 is 41.5 Å². The summed E-state index contributed by atoms with van der Waals surface area (Å²) < 4.78 is 1.97. The van der Waals surface area contributed by atoms with Gasteiger partial charge in [0.2, 0.25) is 0 Å². The molecule has 25 heavy (non-hydrogen) atoms. The molecule has 2 aromatic rings. The van der Waals surface area contributed by atoms with E-state index in [1.54, 1.807) is 0 Å². The van der Waals surface area contributed by atoms with Crippen LogP contribution in [-0.4, -0.2) is 27.3 Å². The summed E-state index contributed by atoms with van der Waals surface area (Å²) in [5.41, 5.74) is 1.08. The molecule has 0 saturated heterocycles. The van der Waals surface area contributed by atoms with Gasteiger partial charge >= 0.3 is 0 Å². The Balaban J connectivity index is 0.00000312. The second-order valence-corrected chi connectivity index (χ2v) is 6.09. The zero-order valence-electron chi connectivity index (χ0n) is 14.9. The number of aryl methyl sites for hydroxylation is 1. The summed E-state index contributed by atoms with van der Waals surface area (Å²) in [6.07, 6.45) is 2.23. The number of nitrogens with zero attached hydrogens (tertiary/aromatic N) is 4. The number of unbranched alkanes of at least 4 members (excludes halogenated alkanes) is 1. The third-order valence-corrected chi connectivity index (χ3v) is 3.96. The summed E-state index contributed by atoms with van der Waals surface area (Å²) >= 11 is 6.03. The molecule has 0 unspecified atom stereocenters. The van der Waals surface area contributed by atoms with E-state index in [0.29, 0.717) is 13.1 Å². The normalized spacial score (nSPS) is 11.1. The number of aliphatic imine (C=N–C) groups is 1. The Morgan fingerprint density at radius 3 is 2.72 bits per heavy atom. The molecule has 0 aliphatic rings. The first kappa shape index (κ1) is 21.7. The molecule has 2 N–H and O–H groups in total. The number of guanidine groups is 1. The van der Waals surface area contributed by atoms with Crippen LogP contribution >= 0.6 is 35.6 Å². The Hall–Kier alpha value is -1.35. The Morgan fingerprint density at radius 2 is 2.08 bits per heavy atom. The first-order chi connectivity index (χ1) is 11.6. The van der Waals surface area contributed by atoms with Crippen molar-refractivity contribution in [1.82, 2.24) is 25.4 Å². The lowest BCUT2D eigenvalue weighted by atomic mass is 10.2. The van der Waals surface area contributed by atoms with Crippen molar-refractivity contribution < 1.29 is 0 Å². The average molecular weight is 477 g/mol. The van der Waals surface area contributed by atoms with Gasteiger partial charge in [-0.3, -0.25) is 0 Å². The Labute approximate surface area is 171 Å². The number of rotatable bonds is 7. The second kappa shape index (κ2) is 11.3. The fourth-order valence-electron chi connectivity index (χ4n) is 2.13. The maximum atomic E-state index is 6.03. The number of hydrogen-bond acceptors (Lipinski definition) is 3. The number of nitrogens with one attached hydrogen (secondary N) is 2. The minimum atomic E-state index is 0. The minimum absolute atomic E-state index is 0. The van der Waals surface area contributed by atoms with Crippen LogP contribution in [0.2, 0.25) is 5.02 Å². The van der Waals surface area contributed by atoms with Crippen molar-refractivity contribution in [1.29, 1.82) is 0 Å². The van der Waals surface area contributed by atoms with E-state index in [9.17, 15) is 0 Å². The molecule has 0 aliphatic carbocycles. The topological polar surface area (TPSA) is 67.1 Å². The van der Waals surface area contributed by atoms with Gasteiger partial charge in [0.1, 0.15) is 5.82 Å². The lowest BCUT2D eigenvalue weighted by molar-refractivity contribution is 0.695. The van der Waals surface area contributed by atoms with Crippen LogP contribution in [0.25, 0.3) is 0 Å². The Kier molecular flexibility index (Phi) is 9.81. The summed E-state index contributed by atoms with van der Waals surface area (Å²) in [5, 5.41) is 15.6. The molecule has 1 aromatic carbocycles. The lowest BCUT2D eigenvalue weighted by Crippen LogP contribution is -2.38. The molecule has 0 bridgehead atoms. The van der Waals surface area contributed by atoms with Crippen LogP contribution in [0.3, 0.4) is 0 Å². The highest BCUT2D eigenvalue weighted by Gasteiger charge is 2.06. The van der Waals surface area contributed by atoms with Crippen molar-refractivity contribution in [2.45, 2.75) is 39.8 Å². The van der Waals surface area contributed by atoms with E-state index in [1.807, 2.05) is 42.8 Å². The molecule has 8 heteroatoms. The molecule has 0 spiro atoms. The van der Waals surface area contributed by atoms with Crippen LogP contribution in [0, 0.1) is 6.92 Å². The standard InChI is InChI=1S/C17H25ClN6.HI/c1-4-5-9-19-17(20-11-14-7-6-8-15(18)10-14)21-12-16-23-22-13(2)24(16)3;/h6-8,10H,4-5,9,11-12H2,1-3H3,(H2,19,20,21);1H. The fourth-order valence-corrected chi connectivity index (χ4v) is 2.34. The van der Waals surface area contributed by atoms with E-state index < -0.39 is 0 Å². The van der Waals surface area contributed by atoms with Crippen molar-refractivity contribution in [3.63, 3.8) is 0 Å². The summed E-state index contributed by atoms with van der Waals surface area (Å²) in [6.45, 7) is 6.13. The van der Waals surface area contributed by atoms with Gasteiger partial charge in [-0.15, -0.1) is 34.2 Å². The van der Waals surface area contributed by atoms with Gasteiger partial charge in [0.25, 0.3) is 0 Å². The Morgan fingerprint density at radius 1 is 1.28 bits per heavy atom. The molecular formula is C17H26ClIN6. The molecule has 6 nitrogen and oxygen atoms in total. The third-order valence-electron chi connectivity index (χ3n) is 3.73. The smallest absolute Gasteiger partial charge is 0.191 e. The van der Waals surface area contributed by atoms with Gasteiger partial charge in [-0.25, -0.2) is 4.99 Å². The molecule has 0 atom stereocenters. The first-order valence-corrected chi connectivity index (χ1v) is 8.59. The third kappa shape index (κ3) is 7.19. The van der Waals surface area contributed by atoms with Crippen LogP contribution in [0.5, 0.6) is 0 Å². The van der Waals surface area contributed by atoms with E-state index >= 15 is 0 Å². The van der Waals surface area contributed by atoms with Gasteiger partial charge in [0.15, 0.2) is 11.8 Å². The molecule has 0 aliphatic heterocycles. The molecule has 0 saturated carbocycles. The van der Waals surface area contributed by atoms with Gasteiger partial charge in [-0.1, -0.05) is 37.1 Å². The SMILES string of the molecule is CCCCNC(=NCc1cccc(Cl)c1)NCc1nnc(C)n1C.I. The first-order valence-electron chi connectivity index (χ1n) is 8.21. The van der Waals surface area contributed by atoms with Gasteiger partial charge in [0.05, 0.1) is 13.1 Å². The lowest BCUT2D eigenvalue weighted by Gasteiger charge is -2.12. The average Bonchev–Trinajstić information content (AvgIpc) is 2.89. The van der Waals surface area contributed by atoms with Crippen LogP contribution in [0.4, 0.5) is 0 Å². The van der Waals surface area contributed by atoms with Crippen LogP contribution in [0.1, 0.15) is 37.0 Å². The monoisotopic (exact) mass is 476 g/mol. The molecule has 1 aromatic heterocycles. The van der Waals surface area contributed by atoms with Gasteiger partial charge in [-0.2, -0.15) is 0 Å². The minimum Gasteiger partial charge on any atom is -0.356 e. The van der Waals surface area contributed by atoms with Crippen molar-refractivity contribution in [2.24, 2.45) is 12.0 Å². The largest absolute Gasteiger partial charge is 0.356 e. The molecule has 0 radical (unpaired) electrons. The Bertz CT molecular complexity index is 686. The molecule has 1 heterocycles. The van der Waals surface area contributed by atoms with Crippen LogP contribution < -0.4 is 10.6 Å². The predicted octanol–water partition coefficient (Wildman–Crippen LogP) is 3.43. The summed E-state index contributed by atoms with van der Waals surface area (Å²) in [6, 6.07) is 7.75. The van der Waals surface area contributed by atoms with Crippen LogP contribution in [0.15, 0.2) is 29.3 Å². The molecule has 138 valence electrons. The highest BCUT2D eigenvalue weighted by Crippen LogP contribution is 2.11. The summed E-state index contributed by atoms with van der Waals surface area (Å²) in [4.78, 5) is 4.64.